The molecule has 2 rings (SSSR count). The van der Waals surface area contributed by atoms with E-state index in [1.807, 2.05) is 11.8 Å². The minimum atomic E-state index is -0.605. The normalized spacial score (nSPS) is 17.2. The van der Waals surface area contributed by atoms with Crippen LogP contribution in [0.2, 0.25) is 0 Å². The van der Waals surface area contributed by atoms with Gasteiger partial charge in [-0.05, 0) is 24.1 Å². The van der Waals surface area contributed by atoms with E-state index in [2.05, 4.69) is 0 Å². The largest absolute Gasteiger partial charge is 0.504 e. The molecule has 0 spiro atoms. The Hall–Kier alpha value is -1.40. The molecule has 104 valence electrons. The van der Waals surface area contributed by atoms with Crippen LogP contribution in [0.25, 0.3) is 0 Å². The lowest BCUT2D eigenvalue weighted by Crippen LogP contribution is -2.48. The summed E-state index contributed by atoms with van der Waals surface area (Å²) < 4.78 is 0. The van der Waals surface area contributed by atoms with Gasteiger partial charge in [-0.2, -0.15) is 11.8 Å². The highest BCUT2D eigenvalue weighted by Crippen LogP contribution is 2.25. The average Bonchev–Trinajstić information content (AvgIpc) is 2.43. The summed E-state index contributed by atoms with van der Waals surface area (Å²) in [5.41, 5.74) is 6.66. The SMILES string of the molecule is N[C@@H](Cc1ccc(O)c(O)c1)C(=O)N1CCSCC1. The Kier molecular flexibility index (Phi) is 4.55. The number of aromatic hydroxyl groups is 2. The summed E-state index contributed by atoms with van der Waals surface area (Å²) in [6.07, 6.45) is 0.357. The molecule has 1 heterocycles. The van der Waals surface area contributed by atoms with E-state index in [4.69, 9.17) is 5.73 Å². The smallest absolute Gasteiger partial charge is 0.239 e. The standard InChI is InChI=1S/C13H18N2O3S/c14-10(13(18)15-3-5-19-6-4-15)7-9-1-2-11(16)12(17)8-9/h1-2,8,10,16-17H,3-7,14H2/t10-/m0/s1. The van der Waals surface area contributed by atoms with Gasteiger partial charge in [-0.3, -0.25) is 4.79 Å². The highest BCUT2D eigenvalue weighted by atomic mass is 32.2. The molecule has 5 nitrogen and oxygen atoms in total. The van der Waals surface area contributed by atoms with Gasteiger partial charge in [0.05, 0.1) is 6.04 Å². The van der Waals surface area contributed by atoms with E-state index in [-0.39, 0.29) is 17.4 Å². The summed E-state index contributed by atoms with van der Waals surface area (Å²) in [7, 11) is 0. The molecule has 1 amide bonds. The number of phenols is 2. The molecule has 0 aromatic heterocycles. The fourth-order valence-corrected chi connectivity index (χ4v) is 2.96. The Morgan fingerprint density at radius 1 is 1.32 bits per heavy atom. The van der Waals surface area contributed by atoms with Gasteiger partial charge in [0.25, 0.3) is 0 Å². The Bertz CT molecular complexity index is 461. The van der Waals surface area contributed by atoms with Gasteiger partial charge in [0.1, 0.15) is 0 Å². The summed E-state index contributed by atoms with van der Waals surface area (Å²) in [4.78, 5) is 13.9. The molecular weight excluding hydrogens is 264 g/mol. The van der Waals surface area contributed by atoms with Crippen LogP contribution in [0.5, 0.6) is 11.5 Å². The van der Waals surface area contributed by atoms with Gasteiger partial charge in [-0.25, -0.2) is 0 Å². The maximum Gasteiger partial charge on any atom is 0.239 e. The monoisotopic (exact) mass is 282 g/mol. The molecule has 1 aliphatic heterocycles. The number of hydrogen-bond acceptors (Lipinski definition) is 5. The first-order valence-corrected chi connectivity index (χ1v) is 7.36. The van der Waals surface area contributed by atoms with Gasteiger partial charge in [-0.15, -0.1) is 0 Å². The third kappa shape index (κ3) is 3.54. The Balaban J connectivity index is 1.97. The number of hydrogen-bond donors (Lipinski definition) is 3. The molecular formula is C13H18N2O3S. The summed E-state index contributed by atoms with van der Waals surface area (Å²) in [5, 5.41) is 18.6. The van der Waals surface area contributed by atoms with Gasteiger partial charge in [-0.1, -0.05) is 6.07 Å². The summed E-state index contributed by atoms with van der Waals surface area (Å²) >= 11 is 1.84. The number of rotatable bonds is 3. The van der Waals surface area contributed by atoms with Gasteiger partial charge >= 0.3 is 0 Å². The van der Waals surface area contributed by atoms with E-state index in [0.29, 0.717) is 6.42 Å². The lowest BCUT2D eigenvalue weighted by molar-refractivity contribution is -0.132. The number of carbonyl (C=O) groups excluding carboxylic acids is 1. The second-order valence-electron chi connectivity index (χ2n) is 4.57. The fraction of sp³-hybridized carbons (Fsp3) is 0.462. The summed E-state index contributed by atoms with van der Waals surface area (Å²) in [6, 6.07) is 3.90. The van der Waals surface area contributed by atoms with E-state index in [0.717, 1.165) is 30.2 Å². The Labute approximate surface area is 116 Å². The third-order valence-corrected chi connectivity index (χ3v) is 4.08. The van der Waals surface area contributed by atoms with Crippen LogP contribution in [-0.2, 0) is 11.2 Å². The van der Waals surface area contributed by atoms with E-state index in [1.165, 1.54) is 12.1 Å². The van der Waals surface area contributed by atoms with Crippen LogP contribution in [0.3, 0.4) is 0 Å². The number of nitrogens with two attached hydrogens (primary N) is 1. The number of amides is 1. The number of phenolic OH excluding ortho intramolecular Hbond substituents is 2. The lowest BCUT2D eigenvalue weighted by atomic mass is 10.0. The fourth-order valence-electron chi connectivity index (χ4n) is 2.06. The molecule has 0 radical (unpaired) electrons. The van der Waals surface area contributed by atoms with Crippen LogP contribution in [0.4, 0.5) is 0 Å². The van der Waals surface area contributed by atoms with Gasteiger partial charge in [0.15, 0.2) is 11.5 Å². The molecule has 1 fully saturated rings. The highest BCUT2D eigenvalue weighted by molar-refractivity contribution is 7.99. The van der Waals surface area contributed by atoms with Crippen LogP contribution >= 0.6 is 11.8 Å². The van der Waals surface area contributed by atoms with Crippen molar-refractivity contribution >= 4 is 17.7 Å². The van der Waals surface area contributed by atoms with Crippen molar-refractivity contribution in [3.8, 4) is 11.5 Å². The number of thioether (sulfide) groups is 1. The summed E-state index contributed by atoms with van der Waals surface area (Å²) in [5.74, 6) is 1.51. The molecule has 1 atom stereocenters. The van der Waals surface area contributed by atoms with Crippen LogP contribution in [0.1, 0.15) is 5.56 Å². The highest BCUT2D eigenvalue weighted by Gasteiger charge is 2.23. The van der Waals surface area contributed by atoms with E-state index in [9.17, 15) is 15.0 Å². The van der Waals surface area contributed by atoms with Crippen molar-refractivity contribution in [2.75, 3.05) is 24.6 Å². The first kappa shape index (κ1) is 14.0. The molecule has 4 N–H and O–H groups in total. The van der Waals surface area contributed by atoms with Crippen molar-refractivity contribution < 1.29 is 15.0 Å². The number of nitrogens with zero attached hydrogens (tertiary/aromatic N) is 1. The molecule has 1 saturated heterocycles. The average molecular weight is 282 g/mol. The maximum atomic E-state index is 12.1. The first-order chi connectivity index (χ1) is 9.08. The Morgan fingerprint density at radius 2 is 2.00 bits per heavy atom. The zero-order valence-corrected chi connectivity index (χ0v) is 11.4. The van der Waals surface area contributed by atoms with Crippen molar-refractivity contribution in [3.05, 3.63) is 23.8 Å². The van der Waals surface area contributed by atoms with Crippen molar-refractivity contribution in [1.82, 2.24) is 4.90 Å². The maximum absolute atomic E-state index is 12.1. The van der Waals surface area contributed by atoms with Crippen LogP contribution in [-0.4, -0.2) is 51.7 Å². The van der Waals surface area contributed by atoms with Crippen molar-refractivity contribution in [3.63, 3.8) is 0 Å². The molecule has 1 aromatic rings. The van der Waals surface area contributed by atoms with Gasteiger partial charge in [0, 0.05) is 24.6 Å². The predicted molar refractivity (Wildman–Crippen MR) is 75.4 cm³/mol. The van der Waals surface area contributed by atoms with Crippen LogP contribution in [0.15, 0.2) is 18.2 Å². The minimum absolute atomic E-state index is 0.0483. The van der Waals surface area contributed by atoms with Crippen molar-refractivity contribution in [2.24, 2.45) is 5.73 Å². The molecule has 0 aliphatic carbocycles. The molecule has 1 aliphatic rings. The van der Waals surface area contributed by atoms with Gasteiger partial charge < -0.3 is 20.8 Å². The molecule has 0 saturated carbocycles. The van der Waals surface area contributed by atoms with E-state index >= 15 is 0 Å². The molecule has 0 unspecified atom stereocenters. The van der Waals surface area contributed by atoms with E-state index < -0.39 is 6.04 Å². The van der Waals surface area contributed by atoms with Gasteiger partial charge in [0.2, 0.25) is 5.91 Å². The molecule has 1 aromatic carbocycles. The number of carbonyl (C=O) groups is 1. The third-order valence-electron chi connectivity index (χ3n) is 3.14. The van der Waals surface area contributed by atoms with Crippen molar-refractivity contribution in [1.29, 1.82) is 0 Å². The molecule has 6 heteroatoms. The zero-order valence-electron chi connectivity index (χ0n) is 10.6. The topological polar surface area (TPSA) is 86.8 Å². The molecule has 0 bridgehead atoms. The first-order valence-electron chi connectivity index (χ1n) is 6.21. The van der Waals surface area contributed by atoms with Crippen LogP contribution < -0.4 is 5.73 Å². The quantitative estimate of drug-likeness (QED) is 0.705. The lowest BCUT2D eigenvalue weighted by Gasteiger charge is -2.28. The minimum Gasteiger partial charge on any atom is -0.504 e. The second-order valence-corrected chi connectivity index (χ2v) is 5.80. The van der Waals surface area contributed by atoms with E-state index in [1.54, 1.807) is 11.0 Å². The van der Waals surface area contributed by atoms with Crippen molar-refractivity contribution in [2.45, 2.75) is 12.5 Å². The number of benzene rings is 1. The zero-order chi connectivity index (χ0) is 13.8. The summed E-state index contributed by atoms with van der Waals surface area (Å²) in [6.45, 7) is 1.50. The molecule has 19 heavy (non-hydrogen) atoms. The van der Waals surface area contributed by atoms with Crippen LogP contribution in [0, 0.1) is 0 Å². The Morgan fingerprint density at radius 3 is 2.63 bits per heavy atom. The predicted octanol–water partition coefficient (Wildman–Crippen LogP) is 0.543. The second kappa shape index (κ2) is 6.16.